The lowest BCUT2D eigenvalue weighted by Gasteiger charge is -2.40. The number of hydrogen-bond donors (Lipinski definition) is 1. The molecule has 2 saturated heterocycles. The molecule has 6 nitrogen and oxygen atoms in total. The minimum Gasteiger partial charge on any atom is -0.497 e. The van der Waals surface area contributed by atoms with Gasteiger partial charge in [0.15, 0.2) is 0 Å². The molecule has 0 spiro atoms. The number of ether oxygens (including phenoxy) is 1. The number of amides is 1. The van der Waals surface area contributed by atoms with Gasteiger partial charge in [0, 0.05) is 24.7 Å². The van der Waals surface area contributed by atoms with Gasteiger partial charge in [-0.3, -0.25) is 9.89 Å². The molecule has 3 heterocycles. The molecule has 0 unspecified atom stereocenters. The molecule has 1 aromatic carbocycles. The zero-order valence-electron chi connectivity index (χ0n) is 16.0. The van der Waals surface area contributed by atoms with Gasteiger partial charge in [0.05, 0.1) is 12.8 Å². The number of aromatic nitrogens is 2. The number of aromatic amines is 1. The summed E-state index contributed by atoms with van der Waals surface area (Å²) in [5.41, 5.74) is 2.32. The molecule has 2 aromatic rings. The molecular weight excluding hydrogens is 340 g/mol. The Bertz CT molecular complexity index is 757. The van der Waals surface area contributed by atoms with Crippen molar-refractivity contribution in [2.45, 2.75) is 38.1 Å². The lowest BCUT2D eigenvalue weighted by molar-refractivity contribution is 0.0585. The van der Waals surface area contributed by atoms with Crippen LogP contribution in [0.15, 0.2) is 30.3 Å². The average Bonchev–Trinajstić information content (AvgIpc) is 3.24. The van der Waals surface area contributed by atoms with E-state index in [-0.39, 0.29) is 5.91 Å². The molecular formula is C21H28N4O2. The Labute approximate surface area is 160 Å². The van der Waals surface area contributed by atoms with Gasteiger partial charge in [0.2, 0.25) is 0 Å². The monoisotopic (exact) mass is 368 g/mol. The second-order valence-corrected chi connectivity index (χ2v) is 7.52. The first kappa shape index (κ1) is 18.0. The molecule has 27 heavy (non-hydrogen) atoms. The van der Waals surface area contributed by atoms with Gasteiger partial charge in [0.25, 0.3) is 5.91 Å². The summed E-state index contributed by atoms with van der Waals surface area (Å²) in [7, 11) is 1.65. The van der Waals surface area contributed by atoms with E-state index in [0.717, 1.165) is 42.9 Å². The lowest BCUT2D eigenvalue weighted by Crippen LogP contribution is -2.48. The van der Waals surface area contributed by atoms with Gasteiger partial charge in [-0.25, -0.2) is 0 Å². The predicted molar refractivity (Wildman–Crippen MR) is 105 cm³/mol. The third kappa shape index (κ3) is 4.00. The Morgan fingerprint density at radius 3 is 2.44 bits per heavy atom. The van der Waals surface area contributed by atoms with Crippen LogP contribution in [0.25, 0.3) is 11.3 Å². The lowest BCUT2D eigenvalue weighted by atomic mass is 9.99. The van der Waals surface area contributed by atoms with Gasteiger partial charge >= 0.3 is 0 Å². The molecule has 144 valence electrons. The number of methoxy groups -OCH3 is 1. The fraction of sp³-hybridized carbons (Fsp3) is 0.524. The number of piperidine rings is 2. The number of benzene rings is 1. The summed E-state index contributed by atoms with van der Waals surface area (Å²) in [6.45, 7) is 4.11. The van der Waals surface area contributed by atoms with E-state index in [0.29, 0.717) is 11.7 Å². The molecule has 4 rings (SSSR count). The van der Waals surface area contributed by atoms with E-state index < -0.39 is 0 Å². The largest absolute Gasteiger partial charge is 0.497 e. The van der Waals surface area contributed by atoms with Crippen molar-refractivity contribution in [1.82, 2.24) is 20.0 Å². The molecule has 2 fully saturated rings. The third-order valence-corrected chi connectivity index (χ3v) is 5.85. The Kier molecular flexibility index (Phi) is 5.43. The first-order valence-electron chi connectivity index (χ1n) is 9.98. The fourth-order valence-corrected chi connectivity index (χ4v) is 4.23. The molecule has 0 saturated carbocycles. The Morgan fingerprint density at radius 1 is 1.07 bits per heavy atom. The van der Waals surface area contributed by atoms with E-state index in [1.54, 1.807) is 7.11 Å². The highest BCUT2D eigenvalue weighted by molar-refractivity contribution is 5.93. The number of carbonyl (C=O) groups is 1. The minimum absolute atomic E-state index is 0.0550. The molecule has 2 aliphatic rings. The number of nitrogens with one attached hydrogen (secondary N) is 1. The number of likely N-dealkylation sites (tertiary alicyclic amines) is 2. The van der Waals surface area contributed by atoms with Crippen LogP contribution in [0, 0.1) is 0 Å². The maximum atomic E-state index is 12.8. The normalized spacial score (nSPS) is 19.2. The maximum Gasteiger partial charge on any atom is 0.271 e. The van der Waals surface area contributed by atoms with Gasteiger partial charge in [-0.15, -0.1) is 0 Å². The van der Waals surface area contributed by atoms with E-state index in [1.165, 1.54) is 32.4 Å². The van der Waals surface area contributed by atoms with Crippen LogP contribution < -0.4 is 4.74 Å². The Hall–Kier alpha value is -2.34. The van der Waals surface area contributed by atoms with Crippen molar-refractivity contribution in [3.63, 3.8) is 0 Å². The highest BCUT2D eigenvalue weighted by atomic mass is 16.5. The molecule has 6 heteroatoms. The quantitative estimate of drug-likeness (QED) is 0.900. The van der Waals surface area contributed by atoms with Crippen LogP contribution >= 0.6 is 0 Å². The highest BCUT2D eigenvalue weighted by Crippen LogP contribution is 2.24. The molecule has 0 radical (unpaired) electrons. The van der Waals surface area contributed by atoms with Crippen molar-refractivity contribution in [1.29, 1.82) is 0 Å². The van der Waals surface area contributed by atoms with Crippen molar-refractivity contribution >= 4 is 5.91 Å². The molecule has 0 aliphatic carbocycles. The third-order valence-electron chi connectivity index (χ3n) is 5.85. The smallest absolute Gasteiger partial charge is 0.271 e. The summed E-state index contributed by atoms with van der Waals surface area (Å²) in [5, 5.41) is 7.25. The first-order valence-corrected chi connectivity index (χ1v) is 9.98. The van der Waals surface area contributed by atoms with Crippen molar-refractivity contribution in [2.75, 3.05) is 33.3 Å². The summed E-state index contributed by atoms with van der Waals surface area (Å²) in [4.78, 5) is 17.4. The molecule has 2 aliphatic heterocycles. The zero-order chi connectivity index (χ0) is 18.6. The van der Waals surface area contributed by atoms with Crippen LogP contribution in [0.3, 0.4) is 0 Å². The van der Waals surface area contributed by atoms with Gasteiger partial charge in [-0.1, -0.05) is 6.42 Å². The standard InChI is InChI=1S/C21H28N4O2/c1-27-18-7-5-16(6-8-18)19-15-20(23-22-19)21(26)25-13-9-17(10-14-25)24-11-3-2-4-12-24/h5-8,15,17H,2-4,9-14H2,1H3,(H,22,23). The SMILES string of the molecule is COc1ccc(-c2cc(C(=O)N3CCC(N4CCCCC4)CC3)[nH]n2)cc1. The molecule has 1 aromatic heterocycles. The van der Waals surface area contributed by atoms with Gasteiger partial charge < -0.3 is 14.5 Å². The highest BCUT2D eigenvalue weighted by Gasteiger charge is 2.28. The number of hydrogen-bond acceptors (Lipinski definition) is 4. The fourth-order valence-electron chi connectivity index (χ4n) is 4.23. The van der Waals surface area contributed by atoms with Gasteiger partial charge in [0.1, 0.15) is 11.4 Å². The van der Waals surface area contributed by atoms with E-state index in [4.69, 9.17) is 4.74 Å². The minimum atomic E-state index is 0.0550. The molecule has 0 atom stereocenters. The molecule has 1 amide bonds. The Balaban J connectivity index is 1.36. The second-order valence-electron chi connectivity index (χ2n) is 7.52. The van der Waals surface area contributed by atoms with E-state index >= 15 is 0 Å². The number of H-pyrrole nitrogens is 1. The van der Waals surface area contributed by atoms with E-state index in [2.05, 4.69) is 15.1 Å². The van der Waals surface area contributed by atoms with E-state index in [9.17, 15) is 4.79 Å². The topological polar surface area (TPSA) is 61.5 Å². The van der Waals surface area contributed by atoms with Crippen molar-refractivity contribution < 1.29 is 9.53 Å². The van der Waals surface area contributed by atoms with E-state index in [1.807, 2.05) is 35.2 Å². The second kappa shape index (κ2) is 8.13. The summed E-state index contributed by atoms with van der Waals surface area (Å²) in [5.74, 6) is 0.863. The Morgan fingerprint density at radius 2 is 1.78 bits per heavy atom. The van der Waals surface area contributed by atoms with Crippen LogP contribution in [0.4, 0.5) is 0 Å². The van der Waals surface area contributed by atoms with Crippen LogP contribution in [0.5, 0.6) is 5.75 Å². The number of nitrogens with zero attached hydrogens (tertiary/aromatic N) is 3. The summed E-state index contributed by atoms with van der Waals surface area (Å²) >= 11 is 0. The first-order chi connectivity index (χ1) is 13.2. The van der Waals surface area contributed by atoms with Crippen molar-refractivity contribution in [3.8, 4) is 17.0 Å². The number of rotatable bonds is 4. The number of carbonyl (C=O) groups excluding carboxylic acids is 1. The molecule has 0 bridgehead atoms. The van der Waals surface area contributed by atoms with Crippen molar-refractivity contribution in [3.05, 3.63) is 36.0 Å². The van der Waals surface area contributed by atoms with Crippen LogP contribution in [0.2, 0.25) is 0 Å². The van der Waals surface area contributed by atoms with Gasteiger partial charge in [-0.2, -0.15) is 5.10 Å². The maximum absolute atomic E-state index is 12.8. The summed E-state index contributed by atoms with van der Waals surface area (Å²) in [6.07, 6.45) is 6.16. The average molecular weight is 368 g/mol. The molecule has 1 N–H and O–H groups in total. The predicted octanol–water partition coefficient (Wildman–Crippen LogP) is 3.18. The summed E-state index contributed by atoms with van der Waals surface area (Å²) < 4.78 is 5.19. The van der Waals surface area contributed by atoms with Crippen LogP contribution in [0.1, 0.15) is 42.6 Å². The zero-order valence-corrected chi connectivity index (χ0v) is 16.0. The van der Waals surface area contributed by atoms with Crippen LogP contribution in [-0.2, 0) is 0 Å². The van der Waals surface area contributed by atoms with Gasteiger partial charge in [-0.05, 0) is 69.1 Å². The van der Waals surface area contributed by atoms with Crippen molar-refractivity contribution in [2.24, 2.45) is 0 Å². The van der Waals surface area contributed by atoms with Crippen LogP contribution in [-0.4, -0.2) is 65.2 Å². The summed E-state index contributed by atoms with van der Waals surface area (Å²) in [6, 6.07) is 10.2.